The van der Waals surface area contributed by atoms with Crippen molar-refractivity contribution < 1.29 is 23.1 Å². The monoisotopic (exact) mass is 282 g/mol. The van der Waals surface area contributed by atoms with Crippen molar-refractivity contribution in [1.82, 2.24) is 9.80 Å². The minimum absolute atomic E-state index is 0.116. The number of carbonyl (C=O) groups is 1. The van der Waals surface area contributed by atoms with Gasteiger partial charge in [-0.05, 0) is 26.8 Å². The first-order chi connectivity index (χ1) is 8.53. The van der Waals surface area contributed by atoms with Crippen molar-refractivity contribution in [3.8, 4) is 0 Å². The second-order valence-electron chi connectivity index (χ2n) is 5.55. The van der Waals surface area contributed by atoms with E-state index in [1.54, 1.807) is 18.7 Å². The van der Waals surface area contributed by atoms with Gasteiger partial charge in [0.05, 0.1) is 11.6 Å². The van der Waals surface area contributed by atoms with Crippen LogP contribution in [0.4, 0.5) is 13.2 Å². The number of nitrogens with zero attached hydrogens (tertiary/aromatic N) is 2. The molecule has 0 bridgehead atoms. The SMILES string of the molecule is CCN(CC(C)(C)O)C1CCN(CC(F)(F)F)C1=O. The summed E-state index contributed by atoms with van der Waals surface area (Å²) in [4.78, 5) is 14.6. The highest BCUT2D eigenvalue weighted by Crippen LogP contribution is 2.24. The lowest BCUT2D eigenvalue weighted by atomic mass is 10.1. The van der Waals surface area contributed by atoms with Crippen molar-refractivity contribution >= 4 is 5.91 Å². The summed E-state index contributed by atoms with van der Waals surface area (Å²) in [5.74, 6) is -0.497. The van der Waals surface area contributed by atoms with Crippen LogP contribution in [0.15, 0.2) is 0 Å². The smallest absolute Gasteiger partial charge is 0.389 e. The van der Waals surface area contributed by atoms with Crippen LogP contribution in [0.2, 0.25) is 0 Å². The molecule has 0 radical (unpaired) electrons. The number of halogens is 3. The average Bonchev–Trinajstić information content (AvgIpc) is 2.54. The fourth-order valence-corrected chi connectivity index (χ4v) is 2.37. The summed E-state index contributed by atoms with van der Waals surface area (Å²) < 4.78 is 36.9. The predicted molar refractivity (Wildman–Crippen MR) is 64.6 cm³/mol. The quantitative estimate of drug-likeness (QED) is 0.825. The maximum Gasteiger partial charge on any atom is 0.406 e. The Morgan fingerprint density at radius 1 is 1.42 bits per heavy atom. The van der Waals surface area contributed by atoms with Gasteiger partial charge in [0.1, 0.15) is 6.54 Å². The number of amides is 1. The Kier molecular flexibility index (Phi) is 4.84. The van der Waals surface area contributed by atoms with E-state index in [9.17, 15) is 23.1 Å². The number of aliphatic hydroxyl groups is 1. The zero-order chi connectivity index (χ0) is 14.8. The number of rotatable bonds is 5. The van der Waals surface area contributed by atoms with Crippen LogP contribution in [-0.4, -0.2) is 64.8 Å². The summed E-state index contributed by atoms with van der Waals surface area (Å²) >= 11 is 0. The van der Waals surface area contributed by atoms with E-state index in [2.05, 4.69) is 0 Å². The minimum atomic E-state index is -4.36. The molecule has 1 fully saturated rings. The molecule has 0 spiro atoms. The first kappa shape index (κ1) is 16.2. The van der Waals surface area contributed by atoms with Crippen molar-refractivity contribution in [3.63, 3.8) is 0 Å². The molecule has 4 nitrogen and oxygen atoms in total. The number of likely N-dealkylation sites (tertiary alicyclic amines) is 1. The van der Waals surface area contributed by atoms with E-state index in [0.29, 0.717) is 13.0 Å². The third-order valence-corrected chi connectivity index (χ3v) is 3.08. The fourth-order valence-electron chi connectivity index (χ4n) is 2.37. The Hall–Kier alpha value is -0.820. The van der Waals surface area contributed by atoms with Crippen LogP contribution in [-0.2, 0) is 4.79 Å². The highest BCUT2D eigenvalue weighted by molar-refractivity contribution is 5.84. The third-order valence-electron chi connectivity index (χ3n) is 3.08. The van der Waals surface area contributed by atoms with Gasteiger partial charge in [0.2, 0.25) is 5.91 Å². The molecule has 112 valence electrons. The third kappa shape index (κ3) is 4.99. The van der Waals surface area contributed by atoms with E-state index in [1.807, 2.05) is 6.92 Å². The molecule has 0 saturated carbocycles. The minimum Gasteiger partial charge on any atom is -0.389 e. The molecule has 0 aromatic carbocycles. The maximum absolute atomic E-state index is 12.3. The largest absolute Gasteiger partial charge is 0.406 e. The van der Waals surface area contributed by atoms with Gasteiger partial charge in [0.25, 0.3) is 0 Å². The molecule has 1 saturated heterocycles. The lowest BCUT2D eigenvalue weighted by Gasteiger charge is -2.31. The van der Waals surface area contributed by atoms with Crippen LogP contribution >= 0.6 is 0 Å². The molecule has 1 rings (SSSR count). The normalized spacial score (nSPS) is 21.6. The molecule has 1 unspecified atom stereocenters. The molecule has 1 amide bonds. The number of alkyl halides is 3. The summed E-state index contributed by atoms with van der Waals surface area (Å²) in [5.41, 5.74) is -0.978. The van der Waals surface area contributed by atoms with E-state index in [1.165, 1.54) is 0 Å². The fraction of sp³-hybridized carbons (Fsp3) is 0.917. The lowest BCUT2D eigenvalue weighted by Crippen LogP contribution is -2.48. The Morgan fingerprint density at radius 3 is 2.42 bits per heavy atom. The molecule has 19 heavy (non-hydrogen) atoms. The Balaban J connectivity index is 2.68. The second kappa shape index (κ2) is 5.66. The van der Waals surface area contributed by atoms with Crippen molar-refractivity contribution in [2.24, 2.45) is 0 Å². The van der Waals surface area contributed by atoms with Crippen LogP contribution in [0.5, 0.6) is 0 Å². The van der Waals surface area contributed by atoms with E-state index < -0.39 is 30.3 Å². The topological polar surface area (TPSA) is 43.8 Å². The van der Waals surface area contributed by atoms with Gasteiger partial charge in [-0.25, -0.2) is 0 Å². The number of likely N-dealkylation sites (N-methyl/N-ethyl adjacent to an activating group) is 1. The average molecular weight is 282 g/mol. The van der Waals surface area contributed by atoms with Crippen LogP contribution < -0.4 is 0 Å². The zero-order valence-electron chi connectivity index (χ0n) is 11.5. The van der Waals surface area contributed by atoms with E-state index >= 15 is 0 Å². The summed E-state index contributed by atoms with van der Waals surface area (Å²) in [6.07, 6.45) is -3.99. The summed E-state index contributed by atoms with van der Waals surface area (Å²) in [7, 11) is 0. The van der Waals surface area contributed by atoms with E-state index in [0.717, 1.165) is 4.90 Å². The Morgan fingerprint density at radius 2 is 2.00 bits per heavy atom. The molecular weight excluding hydrogens is 261 g/mol. The van der Waals surface area contributed by atoms with Crippen LogP contribution in [0.1, 0.15) is 27.2 Å². The maximum atomic E-state index is 12.3. The summed E-state index contributed by atoms with van der Waals surface area (Å²) in [5, 5.41) is 9.77. The molecule has 1 aliphatic heterocycles. The molecule has 7 heteroatoms. The van der Waals surface area contributed by atoms with Crippen LogP contribution in [0.25, 0.3) is 0 Å². The molecule has 0 aromatic heterocycles. The first-order valence-corrected chi connectivity index (χ1v) is 6.35. The van der Waals surface area contributed by atoms with Gasteiger partial charge in [-0.2, -0.15) is 13.2 Å². The molecule has 1 atom stereocenters. The van der Waals surface area contributed by atoms with Crippen molar-refractivity contribution in [1.29, 1.82) is 0 Å². The molecule has 1 heterocycles. The second-order valence-corrected chi connectivity index (χ2v) is 5.55. The zero-order valence-corrected chi connectivity index (χ0v) is 11.5. The molecule has 0 aliphatic carbocycles. The van der Waals surface area contributed by atoms with Crippen LogP contribution in [0, 0.1) is 0 Å². The number of carbonyl (C=O) groups excluding carboxylic acids is 1. The first-order valence-electron chi connectivity index (χ1n) is 6.35. The van der Waals surface area contributed by atoms with Crippen LogP contribution in [0.3, 0.4) is 0 Å². The number of hydrogen-bond donors (Lipinski definition) is 1. The van der Waals surface area contributed by atoms with Crippen molar-refractivity contribution in [2.45, 2.75) is 45.0 Å². The van der Waals surface area contributed by atoms with Gasteiger partial charge in [-0.3, -0.25) is 9.69 Å². The molecule has 1 N–H and O–H groups in total. The predicted octanol–water partition coefficient (Wildman–Crippen LogP) is 1.24. The molecule has 0 aromatic rings. The van der Waals surface area contributed by atoms with Gasteiger partial charge in [0.15, 0.2) is 0 Å². The van der Waals surface area contributed by atoms with Gasteiger partial charge in [-0.15, -0.1) is 0 Å². The number of hydrogen-bond acceptors (Lipinski definition) is 3. The summed E-state index contributed by atoms with van der Waals surface area (Å²) in [6, 6.07) is -0.557. The highest BCUT2D eigenvalue weighted by atomic mass is 19.4. The van der Waals surface area contributed by atoms with Gasteiger partial charge in [0, 0.05) is 13.1 Å². The summed E-state index contributed by atoms with van der Waals surface area (Å²) in [6.45, 7) is 4.75. The highest BCUT2D eigenvalue weighted by Gasteiger charge is 2.41. The molecular formula is C12H21F3N2O2. The van der Waals surface area contributed by atoms with Crippen molar-refractivity contribution in [2.75, 3.05) is 26.2 Å². The van der Waals surface area contributed by atoms with Gasteiger partial charge < -0.3 is 10.0 Å². The Bertz CT molecular complexity index is 326. The Labute approximate surface area is 111 Å². The van der Waals surface area contributed by atoms with E-state index in [-0.39, 0.29) is 13.1 Å². The van der Waals surface area contributed by atoms with Gasteiger partial charge in [-0.1, -0.05) is 6.92 Å². The van der Waals surface area contributed by atoms with Crippen molar-refractivity contribution in [3.05, 3.63) is 0 Å². The van der Waals surface area contributed by atoms with E-state index in [4.69, 9.17) is 0 Å². The standard InChI is InChI=1S/C12H21F3N2O2/c1-4-16(7-11(2,3)19)9-5-6-17(10(9)18)8-12(13,14)15/h9,19H,4-8H2,1-3H3. The lowest BCUT2D eigenvalue weighted by molar-refractivity contribution is -0.159. The molecule has 1 aliphatic rings. The van der Waals surface area contributed by atoms with Gasteiger partial charge >= 0.3 is 6.18 Å².